The fraction of sp³-hybridized carbons (Fsp3) is 0.462. The van der Waals surface area contributed by atoms with Gasteiger partial charge < -0.3 is 5.32 Å². The second-order valence-electron chi connectivity index (χ2n) is 4.72. The summed E-state index contributed by atoms with van der Waals surface area (Å²) in [5.74, 6) is 0. The summed E-state index contributed by atoms with van der Waals surface area (Å²) in [5.41, 5.74) is -0.355. The van der Waals surface area contributed by atoms with Crippen molar-refractivity contribution in [2.24, 2.45) is 0 Å². The van der Waals surface area contributed by atoms with Crippen LogP contribution < -0.4 is 5.32 Å². The summed E-state index contributed by atoms with van der Waals surface area (Å²) < 4.78 is 49.8. The summed E-state index contributed by atoms with van der Waals surface area (Å²) in [7, 11) is -0.878. The van der Waals surface area contributed by atoms with Crippen molar-refractivity contribution in [1.82, 2.24) is 4.98 Å². The fourth-order valence-corrected chi connectivity index (χ4v) is 3.05. The normalized spacial score (nSPS) is 15.1. The molecular weight excluding hydrogens is 321 g/mol. The molecule has 2 aromatic rings. The standard InChI is InChI=1S/C13H15F3N2OS2/c1-8(21(2)19)5-6-17-12-18-10-7-9(13(14,15)16)3-4-11(10)20-12/h3-4,7-8H,5-6H2,1-2H3,(H,17,18). The lowest BCUT2D eigenvalue weighted by Crippen LogP contribution is -2.14. The number of anilines is 1. The lowest BCUT2D eigenvalue weighted by atomic mass is 10.2. The van der Waals surface area contributed by atoms with Crippen molar-refractivity contribution < 1.29 is 17.4 Å². The molecule has 8 heteroatoms. The molecule has 3 nitrogen and oxygen atoms in total. The van der Waals surface area contributed by atoms with Crippen LogP contribution in [0.25, 0.3) is 10.2 Å². The zero-order chi connectivity index (χ0) is 15.6. The van der Waals surface area contributed by atoms with Crippen LogP contribution in [0.2, 0.25) is 0 Å². The van der Waals surface area contributed by atoms with Crippen molar-refractivity contribution in [3.05, 3.63) is 23.8 Å². The Bertz CT molecular complexity index is 654. The third-order valence-electron chi connectivity index (χ3n) is 3.11. The van der Waals surface area contributed by atoms with Crippen LogP contribution in [0.1, 0.15) is 18.9 Å². The number of nitrogens with zero attached hydrogens (tertiary/aromatic N) is 1. The molecule has 2 unspecified atom stereocenters. The minimum atomic E-state index is -4.36. The van der Waals surface area contributed by atoms with Crippen LogP contribution in [0.15, 0.2) is 18.2 Å². The third-order valence-corrected chi connectivity index (χ3v) is 5.47. The summed E-state index contributed by atoms with van der Waals surface area (Å²) >= 11 is 1.31. The number of thiazole rings is 1. The summed E-state index contributed by atoms with van der Waals surface area (Å²) in [5, 5.41) is 3.72. The molecule has 0 spiro atoms. The van der Waals surface area contributed by atoms with E-state index in [1.54, 1.807) is 6.26 Å². The van der Waals surface area contributed by atoms with Gasteiger partial charge in [-0.1, -0.05) is 18.3 Å². The minimum Gasteiger partial charge on any atom is -0.361 e. The van der Waals surface area contributed by atoms with E-state index >= 15 is 0 Å². The van der Waals surface area contributed by atoms with Gasteiger partial charge in [0.15, 0.2) is 5.13 Å². The number of rotatable bonds is 5. The Balaban J connectivity index is 2.07. The average molecular weight is 336 g/mol. The molecule has 0 amide bonds. The molecule has 0 aliphatic rings. The monoisotopic (exact) mass is 336 g/mol. The molecule has 0 bridgehead atoms. The van der Waals surface area contributed by atoms with Gasteiger partial charge in [-0.05, 0) is 24.6 Å². The van der Waals surface area contributed by atoms with E-state index in [2.05, 4.69) is 10.3 Å². The molecule has 1 aromatic carbocycles. The quantitative estimate of drug-likeness (QED) is 0.901. The summed E-state index contributed by atoms with van der Waals surface area (Å²) in [6, 6.07) is 3.55. The fourth-order valence-electron chi connectivity index (χ4n) is 1.73. The number of alkyl halides is 3. The highest BCUT2D eigenvalue weighted by Gasteiger charge is 2.30. The second-order valence-corrected chi connectivity index (χ2v) is 7.56. The Kier molecular flexibility index (Phi) is 4.88. The SMILES string of the molecule is CC(CCNc1nc2cc(C(F)(F)F)ccc2s1)S(C)=O. The molecule has 0 radical (unpaired) electrons. The molecule has 0 fully saturated rings. The van der Waals surface area contributed by atoms with E-state index in [0.29, 0.717) is 28.3 Å². The maximum absolute atomic E-state index is 12.6. The van der Waals surface area contributed by atoms with Crippen LogP contribution >= 0.6 is 11.3 Å². The van der Waals surface area contributed by atoms with E-state index in [4.69, 9.17) is 0 Å². The number of aromatic nitrogens is 1. The lowest BCUT2D eigenvalue weighted by Gasteiger charge is -2.07. The van der Waals surface area contributed by atoms with Gasteiger partial charge in [0.2, 0.25) is 0 Å². The third kappa shape index (κ3) is 4.16. The number of benzene rings is 1. The van der Waals surface area contributed by atoms with Crippen LogP contribution in [0.3, 0.4) is 0 Å². The van der Waals surface area contributed by atoms with Crippen LogP contribution in [-0.2, 0) is 17.0 Å². The molecule has 0 aliphatic carbocycles. The highest BCUT2D eigenvalue weighted by Crippen LogP contribution is 2.33. The maximum Gasteiger partial charge on any atom is 0.416 e. The minimum absolute atomic E-state index is 0.0729. The Morgan fingerprint density at radius 3 is 2.76 bits per heavy atom. The molecule has 1 N–H and O–H groups in total. The predicted molar refractivity (Wildman–Crippen MR) is 81.3 cm³/mol. The van der Waals surface area contributed by atoms with E-state index in [1.807, 2.05) is 6.92 Å². The van der Waals surface area contributed by atoms with Crippen LogP contribution in [0, 0.1) is 0 Å². The van der Waals surface area contributed by atoms with Crippen molar-refractivity contribution in [3.63, 3.8) is 0 Å². The molecule has 0 aliphatic heterocycles. The average Bonchev–Trinajstić information content (AvgIpc) is 2.78. The molecule has 2 rings (SSSR count). The number of hydrogen-bond donors (Lipinski definition) is 1. The Hall–Kier alpha value is -1.15. The molecule has 2 atom stereocenters. The zero-order valence-electron chi connectivity index (χ0n) is 11.5. The second kappa shape index (κ2) is 6.31. The van der Waals surface area contributed by atoms with Crippen molar-refractivity contribution in [2.75, 3.05) is 18.1 Å². The number of hydrogen-bond acceptors (Lipinski definition) is 4. The van der Waals surface area contributed by atoms with Crippen molar-refractivity contribution >= 4 is 37.5 Å². The Morgan fingerprint density at radius 1 is 1.43 bits per heavy atom. The van der Waals surface area contributed by atoms with Crippen LogP contribution in [0.4, 0.5) is 18.3 Å². The molecule has 116 valence electrons. The summed E-state index contributed by atoms with van der Waals surface area (Å²) in [6.07, 6.45) is -1.99. The van der Waals surface area contributed by atoms with Crippen LogP contribution in [-0.4, -0.2) is 27.2 Å². The lowest BCUT2D eigenvalue weighted by molar-refractivity contribution is -0.137. The first-order valence-corrected chi connectivity index (χ1v) is 8.75. The topological polar surface area (TPSA) is 42.0 Å². The van der Waals surface area contributed by atoms with Gasteiger partial charge in [0.25, 0.3) is 0 Å². The Morgan fingerprint density at radius 2 is 2.14 bits per heavy atom. The van der Waals surface area contributed by atoms with Crippen LogP contribution in [0.5, 0.6) is 0 Å². The molecule has 0 saturated carbocycles. The molecule has 21 heavy (non-hydrogen) atoms. The van der Waals surface area contributed by atoms with E-state index in [1.165, 1.54) is 17.4 Å². The van der Waals surface area contributed by atoms with E-state index in [9.17, 15) is 17.4 Å². The number of fused-ring (bicyclic) bond motifs is 1. The number of nitrogens with one attached hydrogen (secondary N) is 1. The van der Waals surface area contributed by atoms with Gasteiger partial charge in [-0.3, -0.25) is 4.21 Å². The van der Waals surface area contributed by atoms with Gasteiger partial charge in [-0.15, -0.1) is 0 Å². The summed E-state index contributed by atoms with van der Waals surface area (Å²) in [6.45, 7) is 2.48. The van der Waals surface area contributed by atoms with Gasteiger partial charge >= 0.3 is 6.18 Å². The van der Waals surface area contributed by atoms with E-state index in [-0.39, 0.29) is 5.25 Å². The Labute approximate surface area is 127 Å². The largest absolute Gasteiger partial charge is 0.416 e. The first-order chi connectivity index (χ1) is 9.77. The van der Waals surface area contributed by atoms with Gasteiger partial charge in [-0.2, -0.15) is 13.2 Å². The molecular formula is C13H15F3N2OS2. The van der Waals surface area contributed by atoms with Crippen molar-refractivity contribution in [3.8, 4) is 0 Å². The molecule has 0 saturated heterocycles. The van der Waals surface area contributed by atoms with Gasteiger partial charge in [0.1, 0.15) is 0 Å². The van der Waals surface area contributed by atoms with E-state index < -0.39 is 22.5 Å². The first kappa shape index (κ1) is 16.2. The highest BCUT2D eigenvalue weighted by atomic mass is 32.2. The predicted octanol–water partition coefficient (Wildman–Crippen LogP) is 3.88. The maximum atomic E-state index is 12.6. The molecule has 1 aromatic heterocycles. The first-order valence-electron chi connectivity index (χ1n) is 6.31. The van der Waals surface area contributed by atoms with Gasteiger partial charge in [0.05, 0.1) is 15.8 Å². The molecule has 1 heterocycles. The van der Waals surface area contributed by atoms with E-state index in [0.717, 1.165) is 12.1 Å². The van der Waals surface area contributed by atoms with Gasteiger partial charge in [-0.25, -0.2) is 4.98 Å². The van der Waals surface area contributed by atoms with Gasteiger partial charge in [0, 0.05) is 28.9 Å². The summed E-state index contributed by atoms with van der Waals surface area (Å²) in [4.78, 5) is 4.16. The van der Waals surface area contributed by atoms with Crippen molar-refractivity contribution in [1.29, 1.82) is 0 Å². The highest BCUT2D eigenvalue weighted by molar-refractivity contribution is 7.84. The zero-order valence-corrected chi connectivity index (χ0v) is 13.2. The smallest absolute Gasteiger partial charge is 0.361 e. The van der Waals surface area contributed by atoms with Crippen molar-refractivity contribution in [2.45, 2.75) is 24.8 Å². The number of halogens is 3.